The Balaban J connectivity index is 1.61. The van der Waals surface area contributed by atoms with Gasteiger partial charge in [-0.25, -0.2) is 4.68 Å². The second-order valence-corrected chi connectivity index (χ2v) is 10.2. The Morgan fingerprint density at radius 1 is 1.03 bits per heavy atom. The molecule has 3 N–H and O–H groups in total. The first-order valence-electron chi connectivity index (χ1n) is 11.2. The maximum atomic E-state index is 10.3. The Labute approximate surface area is 224 Å². The van der Waals surface area contributed by atoms with E-state index in [1.54, 1.807) is 0 Å². The molecule has 0 radical (unpaired) electrons. The third-order valence-corrected chi connectivity index (χ3v) is 7.04. The molecule has 1 aromatic heterocycles. The fourth-order valence-electron chi connectivity index (χ4n) is 3.61. The number of halogens is 2. The van der Waals surface area contributed by atoms with E-state index in [0.717, 1.165) is 22.4 Å². The highest BCUT2D eigenvalue weighted by molar-refractivity contribution is 14.1. The molecule has 10 heteroatoms. The molecule has 0 amide bonds. The molecule has 0 bridgehead atoms. The van der Waals surface area contributed by atoms with E-state index in [1.165, 1.54) is 4.68 Å². The van der Waals surface area contributed by atoms with Crippen LogP contribution in [-0.4, -0.2) is 61.6 Å². The lowest BCUT2D eigenvalue weighted by Crippen LogP contribution is -2.25. The lowest BCUT2D eigenvalue weighted by atomic mass is 9.77. The molecule has 0 spiro atoms. The van der Waals surface area contributed by atoms with Crippen LogP contribution < -0.4 is 9.47 Å². The van der Waals surface area contributed by atoms with Crippen LogP contribution >= 0.6 is 34.2 Å². The van der Waals surface area contributed by atoms with Gasteiger partial charge < -0.3 is 24.8 Å². The summed E-state index contributed by atoms with van der Waals surface area (Å²) in [6.45, 7) is 6.51. The molecule has 0 aliphatic heterocycles. The number of aliphatic hydroxyl groups excluding tert-OH is 3. The second-order valence-electron chi connectivity index (χ2n) is 8.88. The van der Waals surface area contributed by atoms with Crippen molar-refractivity contribution >= 4 is 34.2 Å². The van der Waals surface area contributed by atoms with E-state index in [2.05, 4.69) is 30.2 Å². The molecular weight excluding hydrogens is 585 g/mol. The van der Waals surface area contributed by atoms with Gasteiger partial charge in [0, 0.05) is 5.41 Å². The van der Waals surface area contributed by atoms with Crippen molar-refractivity contribution in [1.82, 2.24) is 15.0 Å². The molecule has 35 heavy (non-hydrogen) atoms. The van der Waals surface area contributed by atoms with Crippen molar-refractivity contribution in [3.8, 4) is 11.5 Å². The van der Waals surface area contributed by atoms with Crippen molar-refractivity contribution in [2.45, 2.75) is 51.5 Å². The maximum Gasteiger partial charge on any atom is 0.149 e. The number of benzene rings is 2. The average Bonchev–Trinajstić information content (AvgIpc) is 3.20. The van der Waals surface area contributed by atoms with Gasteiger partial charge in [0.25, 0.3) is 0 Å². The zero-order chi connectivity index (χ0) is 25.6. The van der Waals surface area contributed by atoms with E-state index in [0.29, 0.717) is 15.1 Å². The van der Waals surface area contributed by atoms with Crippen LogP contribution in [0.15, 0.2) is 42.5 Å². The van der Waals surface area contributed by atoms with Gasteiger partial charge in [-0.05, 0) is 64.4 Å². The molecule has 2 aromatic carbocycles. The number of ether oxygens (including phenoxy) is 2. The highest BCUT2D eigenvalue weighted by atomic mass is 127. The van der Waals surface area contributed by atoms with Crippen LogP contribution in [0.5, 0.6) is 11.5 Å². The summed E-state index contributed by atoms with van der Waals surface area (Å²) in [5, 5.41) is 37.2. The van der Waals surface area contributed by atoms with E-state index in [1.807, 2.05) is 65.9 Å². The number of rotatable bonds is 12. The molecule has 3 rings (SSSR count). The maximum absolute atomic E-state index is 10.3. The normalized spacial score (nSPS) is 13.5. The average molecular weight is 616 g/mol. The first-order valence-corrected chi connectivity index (χ1v) is 12.8. The highest BCUT2D eigenvalue weighted by Gasteiger charge is 2.24. The van der Waals surface area contributed by atoms with Crippen LogP contribution in [0.25, 0.3) is 0 Å². The van der Waals surface area contributed by atoms with Crippen molar-refractivity contribution in [3.05, 3.63) is 68.5 Å². The van der Waals surface area contributed by atoms with Crippen LogP contribution in [0, 0.1) is 10.6 Å². The molecule has 0 fully saturated rings. The third-order valence-electron chi connectivity index (χ3n) is 5.85. The number of alkyl halides is 1. The van der Waals surface area contributed by atoms with E-state index in [4.69, 9.17) is 21.1 Å². The SMILES string of the molecule is Cc1cc(C(C)(C)c2ccc(OCC(O)Cn3nnc(I)c3CO)cc2)ccc1OCC(O)CCl. The van der Waals surface area contributed by atoms with Crippen LogP contribution in [0.3, 0.4) is 0 Å². The zero-order valence-electron chi connectivity index (χ0n) is 20.0. The molecule has 0 saturated heterocycles. The molecule has 2 unspecified atom stereocenters. The Morgan fingerprint density at radius 3 is 2.31 bits per heavy atom. The summed E-state index contributed by atoms with van der Waals surface area (Å²) in [5.41, 5.74) is 3.53. The van der Waals surface area contributed by atoms with E-state index in [-0.39, 0.29) is 37.7 Å². The quantitative estimate of drug-likeness (QED) is 0.212. The number of aliphatic hydroxyl groups is 3. The molecule has 1 heterocycles. The van der Waals surface area contributed by atoms with Crippen LogP contribution in [0.4, 0.5) is 0 Å². The number of nitrogens with zero attached hydrogens (tertiary/aromatic N) is 3. The van der Waals surface area contributed by atoms with Crippen LogP contribution in [0.1, 0.15) is 36.2 Å². The Morgan fingerprint density at radius 2 is 1.69 bits per heavy atom. The Bertz CT molecular complexity index is 1110. The minimum Gasteiger partial charge on any atom is -0.491 e. The van der Waals surface area contributed by atoms with E-state index in [9.17, 15) is 15.3 Å². The summed E-state index contributed by atoms with van der Waals surface area (Å²) >= 11 is 7.63. The Hall–Kier alpha value is -1.92. The largest absolute Gasteiger partial charge is 0.491 e. The zero-order valence-corrected chi connectivity index (χ0v) is 22.9. The summed E-state index contributed by atoms with van der Waals surface area (Å²) in [6, 6.07) is 13.9. The van der Waals surface area contributed by atoms with Gasteiger partial charge in [-0.1, -0.05) is 43.3 Å². The fraction of sp³-hybridized carbons (Fsp3) is 0.440. The first kappa shape index (κ1) is 27.7. The molecule has 0 aliphatic carbocycles. The number of hydrogen-bond acceptors (Lipinski definition) is 7. The third kappa shape index (κ3) is 7.07. The van der Waals surface area contributed by atoms with Gasteiger partial charge in [0.05, 0.1) is 24.7 Å². The van der Waals surface area contributed by atoms with Gasteiger partial charge in [-0.15, -0.1) is 16.7 Å². The molecule has 0 aliphatic rings. The van der Waals surface area contributed by atoms with Gasteiger partial charge in [0.2, 0.25) is 0 Å². The predicted molar refractivity (Wildman–Crippen MR) is 142 cm³/mol. The molecule has 0 saturated carbocycles. The van der Waals surface area contributed by atoms with Gasteiger partial charge in [0.1, 0.15) is 40.6 Å². The summed E-state index contributed by atoms with van der Waals surface area (Å²) < 4.78 is 13.5. The van der Waals surface area contributed by atoms with Crippen molar-refractivity contribution in [2.24, 2.45) is 0 Å². The van der Waals surface area contributed by atoms with E-state index < -0.39 is 12.2 Å². The molecule has 8 nitrogen and oxygen atoms in total. The molecule has 2 atom stereocenters. The van der Waals surface area contributed by atoms with Crippen LogP contribution in [-0.2, 0) is 18.6 Å². The van der Waals surface area contributed by atoms with Crippen molar-refractivity contribution in [2.75, 3.05) is 19.1 Å². The summed E-state index contributed by atoms with van der Waals surface area (Å²) in [6.07, 6.45) is -1.50. The predicted octanol–water partition coefficient (Wildman–Crippen LogP) is 3.43. The lowest BCUT2D eigenvalue weighted by molar-refractivity contribution is 0.0866. The number of aryl methyl sites for hydroxylation is 1. The van der Waals surface area contributed by atoms with E-state index >= 15 is 0 Å². The fourth-order valence-corrected chi connectivity index (χ4v) is 4.25. The van der Waals surface area contributed by atoms with Crippen molar-refractivity contribution in [1.29, 1.82) is 0 Å². The van der Waals surface area contributed by atoms with Crippen molar-refractivity contribution < 1.29 is 24.8 Å². The van der Waals surface area contributed by atoms with Crippen LogP contribution in [0.2, 0.25) is 0 Å². The minimum atomic E-state index is -0.803. The van der Waals surface area contributed by atoms with Gasteiger partial charge in [-0.2, -0.15) is 0 Å². The number of aromatic nitrogens is 3. The monoisotopic (exact) mass is 615 g/mol. The van der Waals surface area contributed by atoms with Gasteiger partial charge in [0.15, 0.2) is 0 Å². The summed E-state index contributed by atoms with van der Waals surface area (Å²) in [4.78, 5) is 0. The Kier molecular flexibility index (Phi) is 9.77. The number of hydrogen-bond donors (Lipinski definition) is 3. The first-order chi connectivity index (χ1) is 16.6. The summed E-state index contributed by atoms with van der Waals surface area (Å²) in [7, 11) is 0. The summed E-state index contributed by atoms with van der Waals surface area (Å²) in [5.74, 6) is 1.51. The molecule has 190 valence electrons. The standard InChI is InChI=1S/C25H31ClIN3O5/c1-16-10-18(6-9-23(16)35-14-19(32)11-26)25(2,3)17-4-7-21(8-5-17)34-15-20(33)12-30-22(13-31)24(27)28-29-30/h4-10,19-20,31-33H,11-15H2,1-3H3. The topological polar surface area (TPSA) is 110 Å². The minimum absolute atomic E-state index is 0.0864. The lowest BCUT2D eigenvalue weighted by Gasteiger charge is -2.27. The van der Waals surface area contributed by atoms with Gasteiger partial charge >= 0.3 is 0 Å². The molecular formula is C25H31ClIN3O5. The van der Waals surface area contributed by atoms with Crippen molar-refractivity contribution in [3.63, 3.8) is 0 Å². The highest BCUT2D eigenvalue weighted by Crippen LogP contribution is 2.34. The van der Waals surface area contributed by atoms with Gasteiger partial charge in [-0.3, -0.25) is 0 Å². The smallest absolute Gasteiger partial charge is 0.149 e. The second kappa shape index (κ2) is 12.4. The molecule has 3 aromatic rings.